The SMILES string of the molecule is CNC1(C(N)=O)CCCC(N2CCC(C)(C)C2)C1. The maximum Gasteiger partial charge on any atom is 0.237 e. The lowest BCUT2D eigenvalue weighted by Gasteiger charge is -2.42. The molecule has 1 saturated carbocycles. The fourth-order valence-electron chi connectivity index (χ4n) is 3.60. The van der Waals surface area contributed by atoms with Gasteiger partial charge in [-0.25, -0.2) is 0 Å². The maximum absolute atomic E-state index is 11.7. The molecule has 1 aliphatic heterocycles. The van der Waals surface area contributed by atoms with Gasteiger partial charge in [-0.05, 0) is 51.1 Å². The van der Waals surface area contributed by atoms with Gasteiger partial charge in [0.2, 0.25) is 5.91 Å². The van der Waals surface area contributed by atoms with Crippen molar-refractivity contribution in [2.45, 2.75) is 57.5 Å². The second kappa shape index (κ2) is 4.82. The smallest absolute Gasteiger partial charge is 0.237 e. The van der Waals surface area contributed by atoms with Crippen LogP contribution in [0.4, 0.5) is 0 Å². The number of carbonyl (C=O) groups excluding carboxylic acids is 1. The minimum Gasteiger partial charge on any atom is -0.368 e. The molecule has 2 rings (SSSR count). The fraction of sp³-hybridized carbons (Fsp3) is 0.929. The molecule has 2 atom stereocenters. The summed E-state index contributed by atoms with van der Waals surface area (Å²) >= 11 is 0. The van der Waals surface area contributed by atoms with Crippen molar-refractivity contribution in [3.8, 4) is 0 Å². The largest absolute Gasteiger partial charge is 0.368 e. The summed E-state index contributed by atoms with van der Waals surface area (Å²) < 4.78 is 0. The van der Waals surface area contributed by atoms with Gasteiger partial charge in [-0.1, -0.05) is 13.8 Å². The summed E-state index contributed by atoms with van der Waals surface area (Å²) in [6.45, 7) is 6.97. The number of amides is 1. The first kappa shape index (κ1) is 13.8. The second-order valence-electron chi connectivity index (χ2n) is 6.83. The van der Waals surface area contributed by atoms with Crippen LogP contribution in [0.25, 0.3) is 0 Å². The number of primary amides is 1. The monoisotopic (exact) mass is 253 g/mol. The number of nitrogens with two attached hydrogens (primary N) is 1. The van der Waals surface area contributed by atoms with E-state index in [1.165, 1.54) is 12.8 Å². The number of nitrogens with zero attached hydrogens (tertiary/aromatic N) is 1. The van der Waals surface area contributed by atoms with Crippen LogP contribution in [-0.4, -0.2) is 42.5 Å². The van der Waals surface area contributed by atoms with Gasteiger partial charge in [0.25, 0.3) is 0 Å². The molecule has 0 aromatic heterocycles. The number of likely N-dealkylation sites (N-methyl/N-ethyl adjacent to an activating group) is 1. The Balaban J connectivity index is 2.05. The van der Waals surface area contributed by atoms with Gasteiger partial charge < -0.3 is 11.1 Å². The van der Waals surface area contributed by atoms with Gasteiger partial charge in [0.05, 0.1) is 5.54 Å². The number of hydrogen-bond acceptors (Lipinski definition) is 3. The van der Waals surface area contributed by atoms with Crippen molar-refractivity contribution >= 4 is 5.91 Å². The molecule has 1 aliphatic carbocycles. The third kappa shape index (κ3) is 2.54. The molecule has 1 heterocycles. The standard InChI is InChI=1S/C14H27N3O/c1-13(2)7-8-17(10-13)11-5-4-6-14(9-11,16-3)12(15)18/h11,16H,4-10H2,1-3H3,(H2,15,18). The molecule has 2 fully saturated rings. The summed E-state index contributed by atoms with van der Waals surface area (Å²) in [6.07, 6.45) is 5.30. The van der Waals surface area contributed by atoms with Crippen molar-refractivity contribution in [1.29, 1.82) is 0 Å². The number of rotatable bonds is 3. The molecule has 104 valence electrons. The fourth-order valence-corrected chi connectivity index (χ4v) is 3.60. The quantitative estimate of drug-likeness (QED) is 0.792. The number of carbonyl (C=O) groups is 1. The van der Waals surface area contributed by atoms with E-state index in [0.717, 1.165) is 32.4 Å². The highest BCUT2D eigenvalue weighted by atomic mass is 16.1. The molecule has 2 aliphatic rings. The Labute approximate surface area is 110 Å². The van der Waals surface area contributed by atoms with E-state index in [0.29, 0.717) is 11.5 Å². The molecule has 2 unspecified atom stereocenters. The summed E-state index contributed by atoms with van der Waals surface area (Å²) in [5.74, 6) is -0.187. The van der Waals surface area contributed by atoms with Crippen LogP contribution in [0.2, 0.25) is 0 Å². The molecule has 1 saturated heterocycles. The molecule has 18 heavy (non-hydrogen) atoms. The van der Waals surface area contributed by atoms with Crippen LogP contribution in [0.1, 0.15) is 46.0 Å². The second-order valence-corrected chi connectivity index (χ2v) is 6.83. The predicted octanol–water partition coefficient (Wildman–Crippen LogP) is 1.10. The Morgan fingerprint density at radius 2 is 2.11 bits per heavy atom. The highest BCUT2D eigenvalue weighted by molar-refractivity contribution is 5.84. The molecule has 0 aromatic carbocycles. The van der Waals surface area contributed by atoms with E-state index in [4.69, 9.17) is 5.73 Å². The number of hydrogen-bond donors (Lipinski definition) is 2. The Kier molecular flexibility index (Phi) is 3.70. The van der Waals surface area contributed by atoms with Gasteiger partial charge in [-0.15, -0.1) is 0 Å². The van der Waals surface area contributed by atoms with Crippen molar-refractivity contribution < 1.29 is 4.79 Å². The summed E-state index contributed by atoms with van der Waals surface area (Å²) in [4.78, 5) is 14.3. The zero-order valence-electron chi connectivity index (χ0n) is 12.0. The van der Waals surface area contributed by atoms with E-state index in [1.807, 2.05) is 7.05 Å². The summed E-state index contributed by atoms with van der Waals surface area (Å²) in [7, 11) is 1.86. The third-order valence-electron chi connectivity index (χ3n) is 4.90. The molecule has 4 heteroatoms. The minimum absolute atomic E-state index is 0.187. The third-order valence-corrected chi connectivity index (χ3v) is 4.90. The van der Waals surface area contributed by atoms with E-state index in [2.05, 4.69) is 24.1 Å². The highest BCUT2D eigenvalue weighted by Gasteiger charge is 2.43. The highest BCUT2D eigenvalue weighted by Crippen LogP contribution is 2.36. The van der Waals surface area contributed by atoms with E-state index >= 15 is 0 Å². The summed E-state index contributed by atoms with van der Waals surface area (Å²) in [6, 6.07) is 0.514. The topological polar surface area (TPSA) is 58.4 Å². The maximum atomic E-state index is 11.7. The molecular weight excluding hydrogens is 226 g/mol. The van der Waals surface area contributed by atoms with E-state index < -0.39 is 5.54 Å². The van der Waals surface area contributed by atoms with Gasteiger partial charge in [-0.2, -0.15) is 0 Å². The first-order valence-corrected chi connectivity index (χ1v) is 7.11. The summed E-state index contributed by atoms with van der Waals surface area (Å²) in [5, 5.41) is 3.19. The first-order valence-electron chi connectivity index (χ1n) is 7.11. The van der Waals surface area contributed by atoms with Crippen molar-refractivity contribution in [2.75, 3.05) is 20.1 Å². The van der Waals surface area contributed by atoms with Crippen LogP contribution >= 0.6 is 0 Å². The minimum atomic E-state index is -0.477. The Morgan fingerprint density at radius 3 is 2.61 bits per heavy atom. The molecule has 0 bridgehead atoms. The molecule has 0 spiro atoms. The molecule has 0 aromatic rings. The van der Waals surface area contributed by atoms with Crippen molar-refractivity contribution in [3.05, 3.63) is 0 Å². The van der Waals surface area contributed by atoms with Crippen LogP contribution < -0.4 is 11.1 Å². The lowest BCUT2D eigenvalue weighted by Crippen LogP contribution is -2.59. The van der Waals surface area contributed by atoms with Crippen LogP contribution in [0.15, 0.2) is 0 Å². The summed E-state index contributed by atoms with van der Waals surface area (Å²) in [5.41, 5.74) is 5.55. The van der Waals surface area contributed by atoms with Crippen LogP contribution in [0.5, 0.6) is 0 Å². The van der Waals surface area contributed by atoms with Crippen molar-refractivity contribution in [1.82, 2.24) is 10.2 Å². The predicted molar refractivity (Wildman–Crippen MR) is 73.2 cm³/mol. The van der Waals surface area contributed by atoms with E-state index in [1.54, 1.807) is 0 Å². The zero-order chi connectivity index (χ0) is 13.4. The van der Waals surface area contributed by atoms with Gasteiger partial charge in [0.15, 0.2) is 0 Å². The molecule has 0 radical (unpaired) electrons. The van der Waals surface area contributed by atoms with E-state index in [-0.39, 0.29) is 5.91 Å². The lowest BCUT2D eigenvalue weighted by molar-refractivity contribution is -0.126. The lowest BCUT2D eigenvalue weighted by atomic mass is 9.78. The van der Waals surface area contributed by atoms with Crippen LogP contribution in [0, 0.1) is 5.41 Å². The van der Waals surface area contributed by atoms with Gasteiger partial charge in [-0.3, -0.25) is 9.69 Å². The average Bonchev–Trinajstić information content (AvgIpc) is 2.69. The first-order chi connectivity index (χ1) is 8.38. The van der Waals surface area contributed by atoms with Gasteiger partial charge in [0, 0.05) is 12.6 Å². The van der Waals surface area contributed by atoms with Gasteiger partial charge in [0.1, 0.15) is 0 Å². The van der Waals surface area contributed by atoms with Crippen molar-refractivity contribution in [3.63, 3.8) is 0 Å². The van der Waals surface area contributed by atoms with Crippen molar-refractivity contribution in [2.24, 2.45) is 11.1 Å². The molecule has 1 amide bonds. The molecular formula is C14H27N3O. The number of nitrogens with one attached hydrogen (secondary N) is 1. The zero-order valence-corrected chi connectivity index (χ0v) is 12.0. The average molecular weight is 253 g/mol. The molecule has 4 nitrogen and oxygen atoms in total. The normalized spacial score (nSPS) is 36.7. The number of likely N-dealkylation sites (tertiary alicyclic amines) is 1. The molecule has 3 N–H and O–H groups in total. The van der Waals surface area contributed by atoms with Gasteiger partial charge >= 0.3 is 0 Å². The Morgan fingerprint density at radius 1 is 1.39 bits per heavy atom. The van der Waals surface area contributed by atoms with Crippen LogP contribution in [-0.2, 0) is 4.79 Å². The Bertz CT molecular complexity index is 329. The van der Waals surface area contributed by atoms with Crippen LogP contribution in [0.3, 0.4) is 0 Å². The van der Waals surface area contributed by atoms with E-state index in [9.17, 15) is 4.79 Å². The Hall–Kier alpha value is -0.610.